The number of aryl methyl sites for hydroxylation is 1. The molecule has 4 rings (SSSR count). The summed E-state index contributed by atoms with van der Waals surface area (Å²) in [5.41, 5.74) is 2.51. The van der Waals surface area contributed by atoms with Crippen molar-refractivity contribution >= 4 is 36.1 Å². The van der Waals surface area contributed by atoms with Crippen LogP contribution in [0.2, 0.25) is 0 Å². The fourth-order valence-corrected chi connectivity index (χ4v) is 4.62. The zero-order chi connectivity index (χ0) is 26.9. The van der Waals surface area contributed by atoms with Gasteiger partial charge in [-0.15, -0.1) is 0 Å². The van der Waals surface area contributed by atoms with Crippen molar-refractivity contribution in [3.05, 3.63) is 40.7 Å². The lowest BCUT2D eigenvalue weighted by molar-refractivity contribution is -0.120. The van der Waals surface area contributed by atoms with Crippen LogP contribution in [0.15, 0.2) is 18.3 Å². The highest BCUT2D eigenvalue weighted by Gasteiger charge is 2.27. The average Bonchev–Trinajstić information content (AvgIpc) is 3.45. The van der Waals surface area contributed by atoms with E-state index in [-0.39, 0.29) is 24.2 Å². The van der Waals surface area contributed by atoms with Crippen LogP contribution in [0, 0.1) is 11.3 Å². The van der Waals surface area contributed by atoms with E-state index in [4.69, 9.17) is 9.47 Å². The van der Waals surface area contributed by atoms with Gasteiger partial charge < -0.3 is 19.7 Å². The van der Waals surface area contributed by atoms with Crippen molar-refractivity contribution in [1.82, 2.24) is 14.9 Å². The van der Waals surface area contributed by atoms with E-state index in [1.54, 1.807) is 18.1 Å². The number of fused-ring (bicyclic) bond motifs is 1. The Morgan fingerprint density at radius 2 is 2.24 bits per heavy atom. The molecule has 0 spiro atoms. The van der Waals surface area contributed by atoms with Gasteiger partial charge >= 0.3 is 6.03 Å². The Balaban J connectivity index is 1.51. The number of pyridine rings is 2. The van der Waals surface area contributed by atoms with Gasteiger partial charge in [0.05, 0.1) is 24.0 Å². The molecule has 38 heavy (non-hydrogen) atoms. The van der Waals surface area contributed by atoms with Crippen LogP contribution >= 0.6 is 0 Å². The highest BCUT2D eigenvalue weighted by Crippen LogP contribution is 2.29. The van der Waals surface area contributed by atoms with Crippen molar-refractivity contribution in [2.45, 2.75) is 38.3 Å². The highest BCUT2D eigenvalue weighted by molar-refractivity contribution is 6.01. The molecule has 0 bridgehead atoms. The molecule has 2 aromatic heterocycles. The molecule has 1 saturated heterocycles. The number of aromatic nitrogens is 2. The van der Waals surface area contributed by atoms with Gasteiger partial charge in [-0.1, -0.05) is 0 Å². The Morgan fingerprint density at radius 3 is 2.95 bits per heavy atom. The van der Waals surface area contributed by atoms with E-state index in [2.05, 4.69) is 26.7 Å². The zero-order valence-electron chi connectivity index (χ0n) is 21.3. The topological polar surface area (TPSA) is 150 Å². The maximum atomic E-state index is 13.2. The molecule has 12 nitrogen and oxygen atoms in total. The molecule has 2 N–H and O–H groups in total. The molecule has 0 aliphatic carbocycles. The molecular weight excluding hydrogens is 490 g/mol. The highest BCUT2D eigenvalue weighted by atomic mass is 16.5. The fraction of sp³-hybridized carbons (Fsp3) is 0.462. The SMILES string of the molecule is COCCNc1cc(NC(=O)N2CCCc3cc(CN(C=O)C[C@@H]4CCCO4)c(C=O)nc32)ncc1C#N. The van der Waals surface area contributed by atoms with E-state index in [1.165, 1.54) is 11.1 Å². The van der Waals surface area contributed by atoms with E-state index < -0.39 is 6.03 Å². The molecule has 0 radical (unpaired) electrons. The van der Waals surface area contributed by atoms with Crippen LogP contribution < -0.4 is 15.5 Å². The number of nitriles is 1. The molecule has 3 amide bonds. The first-order valence-electron chi connectivity index (χ1n) is 12.6. The first-order valence-corrected chi connectivity index (χ1v) is 12.6. The summed E-state index contributed by atoms with van der Waals surface area (Å²) in [5.74, 6) is 0.674. The molecule has 0 unspecified atom stereocenters. The van der Waals surface area contributed by atoms with E-state index in [1.807, 2.05) is 6.07 Å². The van der Waals surface area contributed by atoms with Gasteiger partial charge in [0.25, 0.3) is 0 Å². The lowest BCUT2D eigenvalue weighted by atomic mass is 10.0. The summed E-state index contributed by atoms with van der Waals surface area (Å²) in [6.07, 6.45) is 6.06. The second-order valence-corrected chi connectivity index (χ2v) is 9.14. The minimum Gasteiger partial charge on any atom is -0.383 e. The van der Waals surface area contributed by atoms with Gasteiger partial charge in [0.1, 0.15) is 23.4 Å². The largest absolute Gasteiger partial charge is 0.383 e. The Hall–Kier alpha value is -4.08. The van der Waals surface area contributed by atoms with Crippen LogP contribution in [0.25, 0.3) is 0 Å². The molecule has 200 valence electrons. The third kappa shape index (κ3) is 6.42. The number of carbonyl (C=O) groups excluding carboxylic acids is 3. The third-order valence-electron chi connectivity index (χ3n) is 6.50. The van der Waals surface area contributed by atoms with Crippen molar-refractivity contribution in [3.63, 3.8) is 0 Å². The van der Waals surface area contributed by atoms with Gasteiger partial charge in [-0.05, 0) is 37.3 Å². The Morgan fingerprint density at radius 1 is 1.37 bits per heavy atom. The van der Waals surface area contributed by atoms with Gasteiger partial charge in [-0.2, -0.15) is 5.26 Å². The number of methoxy groups -OCH3 is 1. The predicted octanol–water partition coefficient (Wildman–Crippen LogP) is 2.34. The van der Waals surface area contributed by atoms with Gasteiger partial charge in [-0.3, -0.25) is 19.8 Å². The van der Waals surface area contributed by atoms with E-state index in [0.717, 1.165) is 24.8 Å². The number of ether oxygens (including phenoxy) is 2. The number of urea groups is 1. The number of carbonyl (C=O) groups is 3. The van der Waals surface area contributed by atoms with Gasteiger partial charge in [-0.25, -0.2) is 14.8 Å². The third-order valence-corrected chi connectivity index (χ3v) is 6.50. The first kappa shape index (κ1) is 27.0. The van der Waals surface area contributed by atoms with Gasteiger partial charge in [0.15, 0.2) is 6.29 Å². The van der Waals surface area contributed by atoms with Crippen LogP contribution in [0.3, 0.4) is 0 Å². The van der Waals surface area contributed by atoms with Crippen molar-refractivity contribution in [2.75, 3.05) is 55.5 Å². The Labute approximate surface area is 220 Å². The smallest absolute Gasteiger partial charge is 0.328 e. The Bertz CT molecular complexity index is 1210. The van der Waals surface area contributed by atoms with Crippen LogP contribution in [0.1, 0.15) is 46.4 Å². The molecular formula is C26H31N7O5. The summed E-state index contributed by atoms with van der Waals surface area (Å²) in [6, 6.07) is 5.07. The first-order chi connectivity index (χ1) is 18.6. The maximum Gasteiger partial charge on any atom is 0.328 e. The van der Waals surface area contributed by atoms with E-state index in [9.17, 15) is 19.6 Å². The number of amides is 3. The van der Waals surface area contributed by atoms with Crippen molar-refractivity contribution < 1.29 is 23.9 Å². The van der Waals surface area contributed by atoms with Crippen LogP contribution in [-0.2, 0) is 27.2 Å². The van der Waals surface area contributed by atoms with Crippen LogP contribution in [0.5, 0.6) is 0 Å². The van der Waals surface area contributed by atoms with Crippen molar-refractivity contribution in [1.29, 1.82) is 5.26 Å². The summed E-state index contributed by atoms with van der Waals surface area (Å²) in [7, 11) is 1.58. The summed E-state index contributed by atoms with van der Waals surface area (Å²) in [4.78, 5) is 48.7. The molecule has 0 saturated carbocycles. The van der Waals surface area contributed by atoms with E-state index in [0.29, 0.717) is 74.6 Å². The second-order valence-electron chi connectivity index (χ2n) is 9.14. The maximum absolute atomic E-state index is 13.2. The normalized spacial score (nSPS) is 16.3. The number of anilines is 3. The van der Waals surface area contributed by atoms with Crippen molar-refractivity contribution in [3.8, 4) is 6.07 Å². The number of aldehydes is 1. The van der Waals surface area contributed by atoms with Crippen LogP contribution in [-0.4, -0.2) is 79.7 Å². The average molecular weight is 522 g/mol. The fourth-order valence-electron chi connectivity index (χ4n) is 4.62. The molecule has 2 aromatic rings. The standard InChI is InChI=1S/C26H31N7O5/c1-37-9-6-28-22-11-24(29-13-20(22)12-27)31-26(36)33-7-2-4-18-10-19(23(16-34)30-25(18)33)14-32(17-35)15-21-5-3-8-38-21/h10-11,13,16-17,21H,2-9,14-15H2,1H3,(H2,28,29,31,36)/t21-/m0/s1. The number of hydrogen-bond donors (Lipinski definition) is 2. The number of rotatable bonds is 11. The predicted molar refractivity (Wildman–Crippen MR) is 139 cm³/mol. The molecule has 1 atom stereocenters. The summed E-state index contributed by atoms with van der Waals surface area (Å²) in [6.45, 7) is 2.73. The van der Waals surface area contributed by atoms with Gasteiger partial charge in [0, 0.05) is 57.7 Å². The summed E-state index contributed by atoms with van der Waals surface area (Å²) < 4.78 is 10.7. The van der Waals surface area contributed by atoms with Crippen molar-refractivity contribution in [2.24, 2.45) is 0 Å². The minimum absolute atomic E-state index is 0.00353. The molecule has 2 aliphatic heterocycles. The van der Waals surface area contributed by atoms with Crippen LogP contribution in [0.4, 0.5) is 22.1 Å². The van der Waals surface area contributed by atoms with Gasteiger partial charge in [0.2, 0.25) is 6.41 Å². The number of hydrogen-bond acceptors (Lipinski definition) is 9. The molecule has 4 heterocycles. The lowest BCUT2D eigenvalue weighted by Gasteiger charge is -2.29. The minimum atomic E-state index is -0.448. The monoisotopic (exact) mass is 521 g/mol. The molecule has 12 heteroatoms. The molecule has 1 fully saturated rings. The summed E-state index contributed by atoms with van der Waals surface area (Å²) >= 11 is 0. The molecule has 2 aliphatic rings. The summed E-state index contributed by atoms with van der Waals surface area (Å²) in [5, 5.41) is 15.2. The second kappa shape index (κ2) is 12.9. The zero-order valence-corrected chi connectivity index (χ0v) is 21.3. The van der Waals surface area contributed by atoms with E-state index >= 15 is 0 Å². The lowest BCUT2D eigenvalue weighted by Crippen LogP contribution is -2.40. The molecule has 0 aromatic carbocycles. The number of nitrogens with zero attached hydrogens (tertiary/aromatic N) is 5. The quantitative estimate of drug-likeness (QED) is 0.335. The Kier molecular flexibility index (Phi) is 9.18. The number of nitrogens with one attached hydrogen (secondary N) is 2.